The summed E-state index contributed by atoms with van der Waals surface area (Å²) in [6.07, 6.45) is 2.45. The number of carboxylic acids is 1. The van der Waals surface area contributed by atoms with Crippen LogP contribution in [0.25, 0.3) is 0 Å². The van der Waals surface area contributed by atoms with Gasteiger partial charge in [-0.05, 0) is 30.0 Å². The van der Waals surface area contributed by atoms with Gasteiger partial charge in [-0.15, -0.1) is 11.3 Å². The Morgan fingerprint density at radius 3 is 3.00 bits per heavy atom. The number of nitrogens with one attached hydrogen (secondary N) is 1. The molecule has 2 aromatic rings. The van der Waals surface area contributed by atoms with Gasteiger partial charge in [0.2, 0.25) is 0 Å². The predicted molar refractivity (Wildman–Crippen MR) is 67.7 cm³/mol. The van der Waals surface area contributed by atoms with Gasteiger partial charge in [0.05, 0.1) is 0 Å². The molecule has 88 valence electrons. The summed E-state index contributed by atoms with van der Waals surface area (Å²) in [5.74, 6) is -0.534. The van der Waals surface area contributed by atoms with Gasteiger partial charge < -0.3 is 10.4 Å². The third kappa shape index (κ3) is 3.04. The highest BCUT2D eigenvalue weighted by Crippen LogP contribution is 2.13. The number of rotatable bonds is 5. The van der Waals surface area contributed by atoms with Gasteiger partial charge in [-0.1, -0.05) is 6.07 Å². The Bertz CT molecular complexity index is 497. The minimum Gasteiger partial charge on any atom is -0.478 e. The van der Waals surface area contributed by atoms with Crippen LogP contribution < -0.4 is 5.32 Å². The molecule has 0 saturated heterocycles. The Morgan fingerprint density at radius 2 is 2.29 bits per heavy atom. The van der Waals surface area contributed by atoms with E-state index < -0.39 is 5.97 Å². The molecular weight excluding hydrogens is 236 g/mol. The number of pyridine rings is 1. The van der Waals surface area contributed by atoms with Crippen molar-refractivity contribution < 1.29 is 9.90 Å². The first kappa shape index (κ1) is 11.6. The standard InChI is InChI=1S/C12H12N2O2S/c15-12(16)10-4-1-6-13-11(10)14-7-5-9-3-2-8-17-9/h1-4,6,8H,5,7H2,(H,13,14)(H,15,16). The first-order chi connectivity index (χ1) is 8.27. The maximum Gasteiger partial charge on any atom is 0.339 e. The Morgan fingerprint density at radius 1 is 1.41 bits per heavy atom. The molecule has 0 aliphatic rings. The lowest BCUT2D eigenvalue weighted by Gasteiger charge is -2.07. The quantitative estimate of drug-likeness (QED) is 0.853. The van der Waals surface area contributed by atoms with Crippen LogP contribution in [0.4, 0.5) is 5.82 Å². The molecule has 2 N–H and O–H groups in total. The Labute approximate surface area is 103 Å². The lowest BCUT2D eigenvalue weighted by Crippen LogP contribution is -2.10. The van der Waals surface area contributed by atoms with Crippen molar-refractivity contribution in [3.05, 3.63) is 46.3 Å². The van der Waals surface area contributed by atoms with E-state index in [-0.39, 0.29) is 5.56 Å². The SMILES string of the molecule is O=C(O)c1cccnc1NCCc1cccs1. The van der Waals surface area contributed by atoms with E-state index >= 15 is 0 Å². The summed E-state index contributed by atoms with van der Waals surface area (Å²) in [5, 5.41) is 14.0. The predicted octanol–water partition coefficient (Wildman–Crippen LogP) is 2.50. The molecule has 0 atom stereocenters. The van der Waals surface area contributed by atoms with E-state index in [4.69, 9.17) is 5.11 Å². The van der Waals surface area contributed by atoms with Gasteiger partial charge in [0.15, 0.2) is 0 Å². The summed E-state index contributed by atoms with van der Waals surface area (Å²) in [7, 11) is 0. The number of hydrogen-bond donors (Lipinski definition) is 2. The highest BCUT2D eigenvalue weighted by Gasteiger charge is 2.09. The summed E-state index contributed by atoms with van der Waals surface area (Å²) in [6, 6.07) is 7.23. The molecule has 17 heavy (non-hydrogen) atoms. The number of hydrogen-bond acceptors (Lipinski definition) is 4. The van der Waals surface area contributed by atoms with E-state index in [1.165, 1.54) is 4.88 Å². The molecule has 0 aliphatic carbocycles. The minimum absolute atomic E-state index is 0.207. The largest absolute Gasteiger partial charge is 0.478 e. The van der Waals surface area contributed by atoms with Crippen molar-refractivity contribution in [1.82, 2.24) is 4.98 Å². The van der Waals surface area contributed by atoms with Crippen LogP contribution >= 0.6 is 11.3 Å². The second-order valence-electron chi connectivity index (χ2n) is 3.46. The van der Waals surface area contributed by atoms with Crippen LogP contribution in [-0.2, 0) is 6.42 Å². The van der Waals surface area contributed by atoms with Crippen molar-refractivity contribution in [1.29, 1.82) is 0 Å². The van der Waals surface area contributed by atoms with E-state index in [1.54, 1.807) is 29.7 Å². The van der Waals surface area contributed by atoms with Crippen molar-refractivity contribution in [2.75, 3.05) is 11.9 Å². The van der Waals surface area contributed by atoms with Crippen LogP contribution in [-0.4, -0.2) is 22.6 Å². The zero-order chi connectivity index (χ0) is 12.1. The zero-order valence-electron chi connectivity index (χ0n) is 9.09. The van der Waals surface area contributed by atoms with E-state index in [9.17, 15) is 4.79 Å². The molecule has 0 spiro atoms. The molecule has 0 radical (unpaired) electrons. The van der Waals surface area contributed by atoms with Gasteiger partial charge >= 0.3 is 5.97 Å². The summed E-state index contributed by atoms with van der Waals surface area (Å²) < 4.78 is 0. The van der Waals surface area contributed by atoms with Crippen LogP contribution in [0.1, 0.15) is 15.2 Å². The Hall–Kier alpha value is -1.88. The highest BCUT2D eigenvalue weighted by atomic mass is 32.1. The van der Waals surface area contributed by atoms with Gasteiger partial charge in [0, 0.05) is 17.6 Å². The molecule has 0 unspecified atom stereocenters. The van der Waals surface area contributed by atoms with Crippen LogP contribution in [0.2, 0.25) is 0 Å². The first-order valence-electron chi connectivity index (χ1n) is 5.22. The van der Waals surface area contributed by atoms with E-state index in [0.29, 0.717) is 12.4 Å². The lowest BCUT2D eigenvalue weighted by atomic mass is 10.2. The number of nitrogens with zero attached hydrogens (tertiary/aromatic N) is 1. The maximum absolute atomic E-state index is 10.9. The highest BCUT2D eigenvalue weighted by molar-refractivity contribution is 7.09. The molecule has 0 amide bonds. The molecule has 0 aromatic carbocycles. The average Bonchev–Trinajstić information content (AvgIpc) is 2.82. The van der Waals surface area contributed by atoms with Gasteiger partial charge in [-0.25, -0.2) is 9.78 Å². The molecule has 0 fully saturated rings. The lowest BCUT2D eigenvalue weighted by molar-refractivity contribution is 0.0697. The molecule has 2 aromatic heterocycles. The van der Waals surface area contributed by atoms with Crippen LogP contribution in [0.5, 0.6) is 0 Å². The van der Waals surface area contributed by atoms with Gasteiger partial charge in [-0.3, -0.25) is 0 Å². The molecule has 4 nitrogen and oxygen atoms in total. The summed E-state index contributed by atoms with van der Waals surface area (Å²) in [6.45, 7) is 0.678. The van der Waals surface area contributed by atoms with E-state index in [1.807, 2.05) is 11.4 Å². The van der Waals surface area contributed by atoms with Crippen molar-refractivity contribution in [2.24, 2.45) is 0 Å². The van der Waals surface area contributed by atoms with Crippen molar-refractivity contribution in [3.63, 3.8) is 0 Å². The third-order valence-corrected chi connectivity index (χ3v) is 3.22. The average molecular weight is 248 g/mol. The van der Waals surface area contributed by atoms with Crippen molar-refractivity contribution in [3.8, 4) is 0 Å². The maximum atomic E-state index is 10.9. The smallest absolute Gasteiger partial charge is 0.339 e. The minimum atomic E-state index is -0.961. The Kier molecular flexibility index (Phi) is 3.72. The van der Waals surface area contributed by atoms with Gasteiger partial charge in [-0.2, -0.15) is 0 Å². The number of aromatic carboxylic acids is 1. The van der Waals surface area contributed by atoms with Gasteiger partial charge in [0.1, 0.15) is 11.4 Å². The summed E-state index contributed by atoms with van der Waals surface area (Å²) in [5.41, 5.74) is 0.207. The number of anilines is 1. The fourth-order valence-electron chi connectivity index (χ4n) is 1.48. The second kappa shape index (κ2) is 5.45. The van der Waals surface area contributed by atoms with Crippen molar-refractivity contribution in [2.45, 2.75) is 6.42 Å². The molecule has 2 rings (SSSR count). The molecule has 2 heterocycles. The number of thiophene rings is 1. The Balaban J connectivity index is 1.97. The number of carbonyl (C=O) groups is 1. The van der Waals surface area contributed by atoms with Crippen molar-refractivity contribution >= 4 is 23.1 Å². The fourth-order valence-corrected chi connectivity index (χ4v) is 2.19. The molecular formula is C12H12N2O2S. The monoisotopic (exact) mass is 248 g/mol. The summed E-state index contributed by atoms with van der Waals surface area (Å²) in [4.78, 5) is 16.2. The molecule has 0 bridgehead atoms. The summed E-state index contributed by atoms with van der Waals surface area (Å²) >= 11 is 1.69. The molecule has 0 aliphatic heterocycles. The number of aromatic nitrogens is 1. The van der Waals surface area contributed by atoms with Crippen LogP contribution in [0, 0.1) is 0 Å². The van der Waals surface area contributed by atoms with Crippen LogP contribution in [0.15, 0.2) is 35.8 Å². The first-order valence-corrected chi connectivity index (χ1v) is 6.10. The van der Waals surface area contributed by atoms with E-state index in [0.717, 1.165) is 6.42 Å². The topological polar surface area (TPSA) is 62.2 Å². The number of carboxylic acid groups (broad SMARTS) is 1. The third-order valence-electron chi connectivity index (χ3n) is 2.28. The zero-order valence-corrected chi connectivity index (χ0v) is 9.91. The second-order valence-corrected chi connectivity index (χ2v) is 4.49. The van der Waals surface area contributed by atoms with Gasteiger partial charge in [0.25, 0.3) is 0 Å². The molecule has 0 saturated carbocycles. The normalized spacial score (nSPS) is 10.1. The molecule has 5 heteroatoms. The van der Waals surface area contributed by atoms with Crippen LogP contribution in [0.3, 0.4) is 0 Å². The fraction of sp³-hybridized carbons (Fsp3) is 0.167. The van der Waals surface area contributed by atoms with E-state index in [2.05, 4.69) is 16.4 Å².